The van der Waals surface area contributed by atoms with Crippen LogP contribution in [-0.4, -0.2) is 12.2 Å². The molecule has 2 heteroatoms. The van der Waals surface area contributed by atoms with Crippen molar-refractivity contribution < 1.29 is 4.39 Å². The third-order valence-electron chi connectivity index (χ3n) is 4.37. The van der Waals surface area contributed by atoms with Gasteiger partial charge in [-0.2, -0.15) is 0 Å². The molecule has 0 radical (unpaired) electrons. The second-order valence-electron chi connectivity index (χ2n) is 5.80. The number of hydrogen-bond donors (Lipinski definition) is 1. The summed E-state index contributed by atoms with van der Waals surface area (Å²) in [7, 11) is 0. The smallest absolute Gasteiger partial charge is 0.136 e. The normalized spacial score (nSPS) is 33.1. The first kappa shape index (κ1) is 13.4. The Bertz CT molecular complexity index is 496. The molecule has 3 rings (SSSR count). The first-order valence-corrected chi connectivity index (χ1v) is 7.63. The highest BCUT2D eigenvalue weighted by Gasteiger charge is 2.29. The molecule has 1 nitrogen and oxygen atoms in total. The maximum atomic E-state index is 13.4. The second-order valence-corrected chi connectivity index (χ2v) is 5.80. The molecule has 0 spiro atoms. The molecule has 1 aliphatic heterocycles. The molecule has 0 aromatic carbocycles. The molecule has 0 bridgehead atoms. The van der Waals surface area contributed by atoms with Crippen LogP contribution in [-0.2, 0) is 0 Å². The summed E-state index contributed by atoms with van der Waals surface area (Å²) < 4.78 is 13.4. The molecule has 3 atom stereocenters. The Morgan fingerprint density at radius 2 is 2.05 bits per heavy atom. The first-order valence-electron chi connectivity index (χ1n) is 7.63. The summed E-state index contributed by atoms with van der Waals surface area (Å²) in [6.07, 6.45) is 20.5. The number of halogens is 1. The molecule has 1 heterocycles. The van der Waals surface area contributed by atoms with Crippen LogP contribution in [0.25, 0.3) is 0 Å². The fraction of sp³-hybridized carbons (Fsp3) is 0.444. The van der Waals surface area contributed by atoms with E-state index in [-0.39, 0.29) is 0 Å². The van der Waals surface area contributed by atoms with Gasteiger partial charge < -0.3 is 5.32 Å². The van der Waals surface area contributed by atoms with Crippen LogP contribution < -0.4 is 5.32 Å². The van der Waals surface area contributed by atoms with Crippen LogP contribution >= 0.6 is 0 Å². The van der Waals surface area contributed by atoms with E-state index in [1.54, 1.807) is 12.2 Å². The highest BCUT2D eigenvalue weighted by atomic mass is 19.1. The van der Waals surface area contributed by atoms with Gasteiger partial charge in [0, 0.05) is 11.7 Å². The van der Waals surface area contributed by atoms with E-state index in [9.17, 15) is 4.39 Å². The highest BCUT2D eigenvalue weighted by Crippen LogP contribution is 2.32. The van der Waals surface area contributed by atoms with Crippen LogP contribution in [0.15, 0.2) is 59.9 Å². The van der Waals surface area contributed by atoms with Gasteiger partial charge in [-0.3, -0.25) is 0 Å². The van der Waals surface area contributed by atoms with Crippen molar-refractivity contribution in [1.29, 1.82) is 0 Å². The van der Waals surface area contributed by atoms with E-state index in [4.69, 9.17) is 0 Å². The van der Waals surface area contributed by atoms with E-state index in [1.807, 2.05) is 12.2 Å². The van der Waals surface area contributed by atoms with Gasteiger partial charge >= 0.3 is 0 Å². The van der Waals surface area contributed by atoms with Gasteiger partial charge in [0.05, 0.1) is 0 Å². The van der Waals surface area contributed by atoms with Gasteiger partial charge in [-0.15, -0.1) is 0 Å². The Hall–Kier alpha value is -1.57. The fourth-order valence-corrected chi connectivity index (χ4v) is 3.24. The predicted octanol–water partition coefficient (Wildman–Crippen LogP) is 4.37. The van der Waals surface area contributed by atoms with Crippen molar-refractivity contribution in [2.45, 2.75) is 44.3 Å². The van der Waals surface area contributed by atoms with Crippen LogP contribution in [0.5, 0.6) is 0 Å². The minimum atomic E-state index is -0.910. The lowest BCUT2D eigenvalue weighted by Gasteiger charge is -2.22. The zero-order chi connectivity index (χ0) is 13.8. The molecule has 0 aromatic heterocycles. The topological polar surface area (TPSA) is 12.0 Å². The van der Waals surface area contributed by atoms with Crippen LogP contribution in [0.2, 0.25) is 0 Å². The van der Waals surface area contributed by atoms with E-state index in [0.29, 0.717) is 12.0 Å². The average Bonchev–Trinajstić information content (AvgIpc) is 2.77. The van der Waals surface area contributed by atoms with E-state index in [1.165, 1.54) is 11.3 Å². The molecule has 106 valence electrons. The van der Waals surface area contributed by atoms with Crippen molar-refractivity contribution in [3.8, 4) is 0 Å². The zero-order valence-corrected chi connectivity index (χ0v) is 11.8. The second kappa shape index (κ2) is 6.25. The van der Waals surface area contributed by atoms with Gasteiger partial charge in [0.1, 0.15) is 6.17 Å². The molecule has 0 saturated carbocycles. The van der Waals surface area contributed by atoms with E-state index in [0.717, 1.165) is 32.1 Å². The quantitative estimate of drug-likeness (QED) is 0.698. The molecule has 1 saturated heterocycles. The van der Waals surface area contributed by atoms with Crippen LogP contribution in [0.3, 0.4) is 0 Å². The number of nitrogens with one attached hydrogen (secondary N) is 1. The van der Waals surface area contributed by atoms with Crippen LogP contribution in [0, 0.1) is 5.92 Å². The summed E-state index contributed by atoms with van der Waals surface area (Å²) in [6, 6.07) is 0.494. The number of fused-ring (bicyclic) bond motifs is 1. The van der Waals surface area contributed by atoms with Crippen molar-refractivity contribution in [3.05, 3.63) is 59.9 Å². The van der Waals surface area contributed by atoms with Gasteiger partial charge in [-0.05, 0) is 43.6 Å². The monoisotopic (exact) mass is 271 g/mol. The SMILES string of the molecule is FC1C=CCCC(C2CC3=CC=CCC=C3N2)CC=C1. The molecular formula is C18H22FN. The fourth-order valence-electron chi connectivity index (χ4n) is 3.24. The maximum absolute atomic E-state index is 13.4. The summed E-state index contributed by atoms with van der Waals surface area (Å²) in [5.41, 5.74) is 2.73. The van der Waals surface area contributed by atoms with E-state index in [2.05, 4.69) is 29.6 Å². The van der Waals surface area contributed by atoms with Gasteiger partial charge in [0.15, 0.2) is 0 Å². The predicted molar refractivity (Wildman–Crippen MR) is 82.0 cm³/mol. The molecule has 3 aliphatic rings. The number of alkyl halides is 1. The third kappa shape index (κ3) is 3.12. The molecule has 0 amide bonds. The molecule has 1 N–H and O–H groups in total. The van der Waals surface area contributed by atoms with Crippen molar-refractivity contribution >= 4 is 0 Å². The molecular weight excluding hydrogens is 249 g/mol. The molecule has 0 aromatic rings. The van der Waals surface area contributed by atoms with Crippen molar-refractivity contribution in [3.63, 3.8) is 0 Å². The minimum absolute atomic E-state index is 0.494. The lowest BCUT2D eigenvalue weighted by Crippen LogP contribution is -2.29. The van der Waals surface area contributed by atoms with E-state index < -0.39 is 6.17 Å². The Kier molecular flexibility index (Phi) is 4.19. The summed E-state index contributed by atoms with van der Waals surface area (Å²) in [5, 5.41) is 3.68. The lowest BCUT2D eigenvalue weighted by atomic mass is 9.89. The van der Waals surface area contributed by atoms with Crippen molar-refractivity contribution in [1.82, 2.24) is 5.32 Å². The zero-order valence-electron chi connectivity index (χ0n) is 11.8. The summed E-state index contributed by atoms with van der Waals surface area (Å²) in [6.45, 7) is 0. The summed E-state index contributed by atoms with van der Waals surface area (Å²) in [4.78, 5) is 0. The van der Waals surface area contributed by atoms with Crippen LogP contribution in [0.4, 0.5) is 4.39 Å². The number of rotatable bonds is 1. The lowest BCUT2D eigenvalue weighted by molar-refractivity contribution is 0.379. The highest BCUT2D eigenvalue weighted by molar-refractivity contribution is 5.40. The Labute approximate surface area is 120 Å². The van der Waals surface area contributed by atoms with Crippen molar-refractivity contribution in [2.24, 2.45) is 5.92 Å². The number of hydrogen-bond acceptors (Lipinski definition) is 1. The number of allylic oxidation sites excluding steroid dienone is 9. The van der Waals surface area contributed by atoms with Crippen molar-refractivity contribution in [2.75, 3.05) is 0 Å². The average molecular weight is 271 g/mol. The van der Waals surface area contributed by atoms with Gasteiger partial charge in [-0.25, -0.2) is 4.39 Å². The Morgan fingerprint density at radius 3 is 3.00 bits per heavy atom. The van der Waals surface area contributed by atoms with Gasteiger partial charge in [0.25, 0.3) is 0 Å². The molecule has 20 heavy (non-hydrogen) atoms. The van der Waals surface area contributed by atoms with Gasteiger partial charge in [0.2, 0.25) is 0 Å². The molecule has 3 unspecified atom stereocenters. The molecule has 2 aliphatic carbocycles. The van der Waals surface area contributed by atoms with E-state index >= 15 is 0 Å². The molecule has 1 fully saturated rings. The Morgan fingerprint density at radius 1 is 1.15 bits per heavy atom. The summed E-state index contributed by atoms with van der Waals surface area (Å²) >= 11 is 0. The first-order chi connectivity index (χ1) is 9.83. The summed E-state index contributed by atoms with van der Waals surface area (Å²) in [5.74, 6) is 0.582. The van der Waals surface area contributed by atoms with Gasteiger partial charge in [-0.1, -0.05) is 48.6 Å². The largest absolute Gasteiger partial charge is 0.382 e. The maximum Gasteiger partial charge on any atom is 0.136 e. The standard InChI is InChI=1S/C18H22FN/c19-16-10-5-4-7-14(9-6-11-16)18-13-15-8-2-1-3-12-17(15)20-18/h1-2,5-6,8,10-12,14,16,18,20H,3-4,7,9,13H2. The third-order valence-corrected chi connectivity index (χ3v) is 4.37. The Balaban J connectivity index is 1.70. The minimum Gasteiger partial charge on any atom is -0.382 e. The van der Waals surface area contributed by atoms with Crippen LogP contribution in [0.1, 0.15) is 32.1 Å².